The number of hydrogen-bond donors (Lipinski definition) is 0. The van der Waals surface area contributed by atoms with Gasteiger partial charge in [-0.1, -0.05) is 29.5 Å². The Bertz CT molecular complexity index is 832. The molecule has 0 atom stereocenters. The van der Waals surface area contributed by atoms with Crippen molar-refractivity contribution in [2.45, 2.75) is 25.3 Å². The van der Waals surface area contributed by atoms with E-state index >= 15 is 0 Å². The predicted molar refractivity (Wildman–Crippen MR) is 101 cm³/mol. The zero-order valence-electron chi connectivity index (χ0n) is 14.5. The summed E-state index contributed by atoms with van der Waals surface area (Å²) in [7, 11) is 1.79. The largest absolute Gasteiger partial charge is 0.484 e. The van der Waals surface area contributed by atoms with E-state index in [1.807, 2.05) is 48.0 Å². The first-order valence-corrected chi connectivity index (χ1v) is 9.92. The summed E-state index contributed by atoms with van der Waals surface area (Å²) in [4.78, 5) is 13.9. The van der Waals surface area contributed by atoms with Gasteiger partial charge in [0.25, 0.3) is 11.1 Å². The molecule has 2 aromatic heterocycles. The lowest BCUT2D eigenvalue weighted by molar-refractivity contribution is -0.127. The molecule has 2 heterocycles. The minimum Gasteiger partial charge on any atom is -0.484 e. The lowest BCUT2D eigenvalue weighted by Gasteiger charge is -2.15. The molecule has 0 aliphatic heterocycles. The third-order valence-electron chi connectivity index (χ3n) is 3.58. The molecule has 6 nitrogen and oxygen atoms in total. The maximum absolute atomic E-state index is 12.2. The Morgan fingerprint density at radius 2 is 2.08 bits per heavy atom. The van der Waals surface area contributed by atoms with Crippen molar-refractivity contribution in [3.63, 3.8) is 0 Å². The highest BCUT2D eigenvalue weighted by Gasteiger charge is 2.13. The molecule has 3 aromatic rings. The summed E-state index contributed by atoms with van der Waals surface area (Å²) < 4.78 is 11.1. The smallest absolute Gasteiger partial charge is 0.277 e. The topological polar surface area (TPSA) is 68.5 Å². The summed E-state index contributed by atoms with van der Waals surface area (Å²) in [6.45, 7) is 2.81. The SMILES string of the molecule is Cc1ccc(OCc2nnc(SCC(=O)N(C)Cc3ccsc3)o2)cc1. The number of carbonyl (C=O) groups excluding carboxylic acids is 1. The lowest BCUT2D eigenvalue weighted by Crippen LogP contribution is -2.27. The number of aromatic nitrogens is 2. The Balaban J connectivity index is 1.44. The van der Waals surface area contributed by atoms with Gasteiger partial charge < -0.3 is 14.1 Å². The summed E-state index contributed by atoms with van der Waals surface area (Å²) >= 11 is 2.85. The van der Waals surface area contributed by atoms with E-state index in [9.17, 15) is 4.79 Å². The normalized spacial score (nSPS) is 10.7. The van der Waals surface area contributed by atoms with Crippen molar-refractivity contribution >= 4 is 29.0 Å². The van der Waals surface area contributed by atoms with E-state index in [1.165, 1.54) is 17.3 Å². The molecular formula is C18H19N3O3S2. The van der Waals surface area contributed by atoms with Crippen molar-refractivity contribution in [2.75, 3.05) is 12.8 Å². The standard InChI is InChI=1S/C18H19N3O3S2/c1-13-3-5-15(6-4-13)23-10-16-19-20-18(24-16)26-12-17(22)21(2)9-14-7-8-25-11-14/h3-8,11H,9-10,12H2,1-2H3. The van der Waals surface area contributed by atoms with E-state index in [0.29, 0.717) is 17.7 Å². The minimum absolute atomic E-state index is 0.0110. The fourth-order valence-electron chi connectivity index (χ4n) is 2.11. The van der Waals surface area contributed by atoms with Crippen LogP contribution in [0, 0.1) is 6.92 Å². The number of carbonyl (C=O) groups is 1. The fraction of sp³-hybridized carbons (Fsp3) is 0.278. The monoisotopic (exact) mass is 389 g/mol. The van der Waals surface area contributed by atoms with Gasteiger partial charge in [-0.15, -0.1) is 10.2 Å². The van der Waals surface area contributed by atoms with Gasteiger partial charge in [-0.2, -0.15) is 11.3 Å². The van der Waals surface area contributed by atoms with E-state index in [1.54, 1.807) is 23.3 Å². The molecule has 26 heavy (non-hydrogen) atoms. The van der Waals surface area contributed by atoms with Crippen LogP contribution in [0.2, 0.25) is 0 Å². The predicted octanol–water partition coefficient (Wildman–Crippen LogP) is 3.77. The molecule has 0 fully saturated rings. The third-order valence-corrected chi connectivity index (χ3v) is 5.11. The molecule has 0 saturated carbocycles. The molecule has 0 aliphatic rings. The van der Waals surface area contributed by atoms with Gasteiger partial charge in [-0.25, -0.2) is 0 Å². The molecule has 0 saturated heterocycles. The summed E-state index contributed by atoms with van der Waals surface area (Å²) in [5.41, 5.74) is 2.30. The highest BCUT2D eigenvalue weighted by Crippen LogP contribution is 2.19. The molecule has 0 bridgehead atoms. The Morgan fingerprint density at radius 3 is 2.81 bits per heavy atom. The molecule has 3 rings (SSSR count). The van der Waals surface area contributed by atoms with Crippen molar-refractivity contribution in [1.82, 2.24) is 15.1 Å². The van der Waals surface area contributed by atoms with Crippen molar-refractivity contribution in [3.05, 3.63) is 58.1 Å². The molecule has 0 radical (unpaired) electrons. The van der Waals surface area contributed by atoms with Crippen LogP contribution in [-0.2, 0) is 17.9 Å². The third kappa shape index (κ3) is 5.34. The molecule has 1 amide bonds. The fourth-order valence-corrected chi connectivity index (χ4v) is 3.49. The lowest BCUT2D eigenvalue weighted by atomic mass is 10.2. The quantitative estimate of drug-likeness (QED) is 0.546. The van der Waals surface area contributed by atoms with Crippen molar-refractivity contribution in [1.29, 1.82) is 0 Å². The van der Waals surface area contributed by atoms with Crippen LogP contribution in [-0.4, -0.2) is 33.8 Å². The number of thioether (sulfide) groups is 1. The van der Waals surface area contributed by atoms with Gasteiger partial charge >= 0.3 is 0 Å². The summed E-state index contributed by atoms with van der Waals surface area (Å²) in [5, 5.41) is 12.3. The number of rotatable bonds is 8. The van der Waals surface area contributed by atoms with Gasteiger partial charge in [-0.3, -0.25) is 4.79 Å². The van der Waals surface area contributed by atoms with Crippen LogP contribution in [0.25, 0.3) is 0 Å². The number of thiophene rings is 1. The van der Waals surface area contributed by atoms with E-state index in [-0.39, 0.29) is 18.3 Å². The highest BCUT2D eigenvalue weighted by molar-refractivity contribution is 7.99. The second-order valence-corrected chi connectivity index (χ2v) is 7.44. The van der Waals surface area contributed by atoms with E-state index in [4.69, 9.17) is 9.15 Å². The molecular weight excluding hydrogens is 370 g/mol. The van der Waals surface area contributed by atoms with Crippen LogP contribution in [0.4, 0.5) is 0 Å². The average Bonchev–Trinajstić information content (AvgIpc) is 3.31. The molecule has 0 aliphatic carbocycles. The van der Waals surface area contributed by atoms with E-state index in [0.717, 1.165) is 11.3 Å². The van der Waals surface area contributed by atoms with Crippen LogP contribution >= 0.6 is 23.1 Å². The number of aryl methyl sites for hydroxylation is 1. The number of amides is 1. The summed E-state index contributed by atoms with van der Waals surface area (Å²) in [5.74, 6) is 1.39. The second kappa shape index (κ2) is 8.86. The first-order valence-electron chi connectivity index (χ1n) is 8.00. The molecule has 8 heteroatoms. The zero-order valence-corrected chi connectivity index (χ0v) is 16.2. The maximum atomic E-state index is 12.2. The van der Waals surface area contributed by atoms with Crippen LogP contribution in [0.15, 0.2) is 50.7 Å². The zero-order chi connectivity index (χ0) is 18.4. The Kier molecular flexibility index (Phi) is 6.30. The van der Waals surface area contributed by atoms with Crippen LogP contribution in [0.5, 0.6) is 5.75 Å². The van der Waals surface area contributed by atoms with Crippen molar-refractivity contribution in [3.8, 4) is 5.75 Å². The van der Waals surface area contributed by atoms with Gasteiger partial charge in [0, 0.05) is 13.6 Å². The van der Waals surface area contributed by atoms with Gasteiger partial charge in [0.05, 0.1) is 5.75 Å². The minimum atomic E-state index is 0.0110. The Labute approximate surface area is 160 Å². The molecule has 0 spiro atoms. The first-order chi connectivity index (χ1) is 12.6. The van der Waals surface area contributed by atoms with Gasteiger partial charge in [0.2, 0.25) is 5.91 Å². The molecule has 136 valence electrons. The Hall–Kier alpha value is -2.32. The number of ether oxygens (including phenoxy) is 1. The molecule has 0 unspecified atom stereocenters. The molecule has 0 N–H and O–H groups in total. The second-order valence-electron chi connectivity index (χ2n) is 5.73. The van der Waals surface area contributed by atoms with Gasteiger partial charge in [0.1, 0.15) is 5.75 Å². The average molecular weight is 390 g/mol. The van der Waals surface area contributed by atoms with Gasteiger partial charge in [-0.05, 0) is 41.4 Å². The van der Waals surface area contributed by atoms with Crippen molar-refractivity contribution in [2.24, 2.45) is 0 Å². The first kappa shape index (κ1) is 18.5. The summed E-state index contributed by atoms with van der Waals surface area (Å²) in [6, 6.07) is 9.75. The van der Waals surface area contributed by atoms with Crippen LogP contribution < -0.4 is 4.74 Å². The Morgan fingerprint density at radius 1 is 1.27 bits per heavy atom. The summed E-state index contributed by atoms with van der Waals surface area (Å²) in [6.07, 6.45) is 0. The van der Waals surface area contributed by atoms with Gasteiger partial charge in [0.15, 0.2) is 6.61 Å². The maximum Gasteiger partial charge on any atom is 0.277 e. The highest BCUT2D eigenvalue weighted by atomic mass is 32.2. The van der Waals surface area contributed by atoms with E-state index < -0.39 is 0 Å². The number of hydrogen-bond acceptors (Lipinski definition) is 7. The molecule has 1 aromatic carbocycles. The number of nitrogens with zero attached hydrogens (tertiary/aromatic N) is 3. The van der Waals surface area contributed by atoms with Crippen LogP contribution in [0.1, 0.15) is 17.0 Å². The van der Waals surface area contributed by atoms with E-state index in [2.05, 4.69) is 10.2 Å². The van der Waals surface area contributed by atoms with Crippen molar-refractivity contribution < 1.29 is 13.9 Å². The van der Waals surface area contributed by atoms with Crippen LogP contribution in [0.3, 0.4) is 0 Å². The number of benzene rings is 1.